The van der Waals surface area contributed by atoms with E-state index in [1.807, 2.05) is 55.4 Å². The third kappa shape index (κ3) is 15.3. The lowest BCUT2D eigenvalue weighted by atomic mass is 9.79. The molecule has 1 aliphatic carbocycles. The van der Waals surface area contributed by atoms with Crippen LogP contribution in [0.2, 0.25) is 0 Å². The van der Waals surface area contributed by atoms with Gasteiger partial charge < -0.3 is 37.0 Å². The SMILES string of the molecule is COc1c2cc(C(C)(C)C)cc1Cc1cc(C(C)(C)C)cc(c1OCP(=O)(OC(C)C)OC(C)C)Cc1cc(C(C)(C)C)cc(c1OC)Cc1cc(C(C)(C)C)cc(c1OCP(=O)(OC(C)C)OC(C)C)C2. The predicted molar refractivity (Wildman–Crippen MR) is 296 cm³/mol. The summed E-state index contributed by atoms with van der Waals surface area (Å²) < 4.78 is 80.6. The number of fused-ring (bicyclic) bond motifs is 8. The van der Waals surface area contributed by atoms with Gasteiger partial charge >= 0.3 is 15.2 Å². The molecule has 10 nitrogen and oxygen atoms in total. The van der Waals surface area contributed by atoms with Crippen LogP contribution in [0.25, 0.3) is 0 Å². The van der Waals surface area contributed by atoms with Crippen LogP contribution in [0.5, 0.6) is 23.0 Å². The van der Waals surface area contributed by atoms with E-state index < -0.39 is 15.2 Å². The van der Waals surface area contributed by atoms with Crippen molar-refractivity contribution >= 4 is 15.2 Å². The molecule has 0 atom stereocenters. The minimum absolute atomic E-state index is 0.250. The summed E-state index contributed by atoms with van der Waals surface area (Å²) in [5.74, 6) is 2.73. The third-order valence-corrected chi connectivity index (χ3v) is 16.4. The summed E-state index contributed by atoms with van der Waals surface area (Å²) in [6.07, 6.45) is -0.295. The smallest absolute Gasteiger partial charge is 0.368 e. The van der Waals surface area contributed by atoms with Crippen LogP contribution in [-0.4, -0.2) is 51.3 Å². The Hall–Kier alpha value is -3.62. The number of hydrogen-bond acceptors (Lipinski definition) is 10. The summed E-state index contributed by atoms with van der Waals surface area (Å²) >= 11 is 0. The largest absolute Gasteiger partial charge is 0.496 e. The first-order valence-corrected chi connectivity index (χ1v) is 29.4. The second-order valence-corrected chi connectivity index (χ2v) is 28.8. The number of hydrogen-bond donors (Lipinski definition) is 0. The second kappa shape index (κ2) is 22.7. The van der Waals surface area contributed by atoms with Crippen LogP contribution in [0.15, 0.2) is 48.5 Å². The van der Waals surface area contributed by atoms with E-state index in [4.69, 9.17) is 37.0 Å². The van der Waals surface area contributed by atoms with Crippen molar-refractivity contribution in [2.24, 2.45) is 0 Å². The van der Waals surface area contributed by atoms with Crippen molar-refractivity contribution < 1.29 is 46.2 Å². The van der Waals surface area contributed by atoms with Crippen LogP contribution in [0.1, 0.15) is 205 Å². The molecule has 8 bridgehead atoms. The zero-order valence-electron chi connectivity index (χ0n) is 48.1. The van der Waals surface area contributed by atoms with Gasteiger partial charge in [-0.15, -0.1) is 0 Å². The lowest BCUT2D eigenvalue weighted by Gasteiger charge is -2.30. The van der Waals surface area contributed by atoms with Gasteiger partial charge in [0.25, 0.3) is 0 Å². The molecule has 400 valence electrons. The highest BCUT2D eigenvalue weighted by Gasteiger charge is 2.34. The molecule has 5 rings (SSSR count). The summed E-state index contributed by atoms with van der Waals surface area (Å²) in [6, 6.07) is 18.0. The van der Waals surface area contributed by atoms with E-state index in [0.717, 1.165) is 78.3 Å². The maximum Gasteiger partial charge on any atom is 0.368 e. The topological polar surface area (TPSA) is 108 Å². The van der Waals surface area contributed by atoms with Gasteiger partial charge in [-0.3, -0.25) is 9.13 Å². The van der Waals surface area contributed by atoms with E-state index in [1.54, 1.807) is 14.2 Å². The Labute approximate surface area is 435 Å². The van der Waals surface area contributed by atoms with Gasteiger partial charge in [-0.05, 0) is 144 Å². The average molecular weight is 1030 g/mol. The molecule has 4 aromatic carbocycles. The fourth-order valence-electron chi connectivity index (χ4n) is 9.26. The van der Waals surface area contributed by atoms with E-state index in [0.29, 0.717) is 37.2 Å². The Morgan fingerprint density at radius 1 is 0.361 bits per heavy atom. The number of rotatable bonds is 16. The first kappa shape index (κ1) is 59.3. The van der Waals surface area contributed by atoms with E-state index in [1.165, 1.54) is 0 Å². The molecule has 12 heteroatoms. The predicted octanol–water partition coefficient (Wildman–Crippen LogP) is 16.3. The highest BCUT2D eigenvalue weighted by molar-refractivity contribution is 7.54. The summed E-state index contributed by atoms with van der Waals surface area (Å²) in [5.41, 5.74) is 11.1. The summed E-state index contributed by atoms with van der Waals surface area (Å²) in [5, 5.41) is 0. The van der Waals surface area contributed by atoms with Crippen molar-refractivity contribution in [3.05, 3.63) is 115 Å². The van der Waals surface area contributed by atoms with Crippen molar-refractivity contribution in [2.45, 2.75) is 210 Å². The Balaban J connectivity index is 1.99. The normalized spacial score (nSPS) is 14.1. The van der Waals surface area contributed by atoms with E-state index in [-0.39, 0.29) is 58.8 Å². The van der Waals surface area contributed by atoms with Crippen LogP contribution in [-0.2, 0) is 74.6 Å². The molecule has 4 aromatic rings. The zero-order valence-corrected chi connectivity index (χ0v) is 49.9. The van der Waals surface area contributed by atoms with E-state index in [2.05, 4.69) is 132 Å². The summed E-state index contributed by atoms with van der Waals surface area (Å²) in [6.45, 7) is 41.5. The Morgan fingerprint density at radius 2 is 0.542 bits per heavy atom. The van der Waals surface area contributed by atoms with Crippen molar-refractivity contribution in [1.29, 1.82) is 0 Å². The minimum Gasteiger partial charge on any atom is -0.496 e. The second-order valence-electron chi connectivity index (χ2n) is 25.0. The van der Waals surface area contributed by atoms with Gasteiger partial charge in [0.1, 0.15) is 23.0 Å². The van der Waals surface area contributed by atoms with Gasteiger partial charge in [-0.2, -0.15) is 0 Å². The molecule has 0 aromatic heterocycles. The van der Waals surface area contributed by atoms with Gasteiger partial charge in [0, 0.05) is 25.7 Å². The molecule has 0 unspecified atom stereocenters. The standard InChI is InChI=1S/C60H90O10P2/c1-37(2)67-71(61,68-38(3)4)35-65-55-45-23-41-27-49(57(9,10)11)29-43(53(41)63-21)25-47-33-52(60(18,19)20)34-48(56(47)66-36-72(62,69-39(5)6)70-40(7)8)26-44-30-50(58(12,13)14)28-42(54(44)64-22)24-46(55)32-51(31-45)59(15,16)17/h27-34,37-40H,23-26,35-36H2,1-22H3. The molecular formula is C60H90O10P2. The van der Waals surface area contributed by atoms with Crippen LogP contribution in [0.3, 0.4) is 0 Å². The van der Waals surface area contributed by atoms with Gasteiger partial charge in [-0.25, -0.2) is 0 Å². The molecule has 0 N–H and O–H groups in total. The lowest BCUT2D eigenvalue weighted by molar-refractivity contribution is 0.128. The average Bonchev–Trinajstić information content (AvgIpc) is 3.19. The molecule has 0 fully saturated rings. The molecular weight excluding hydrogens is 943 g/mol. The monoisotopic (exact) mass is 1030 g/mol. The minimum atomic E-state index is -3.76. The molecule has 1 aliphatic rings. The van der Waals surface area contributed by atoms with Crippen molar-refractivity contribution in [3.8, 4) is 23.0 Å². The maximum absolute atomic E-state index is 14.6. The quantitative estimate of drug-likeness (QED) is 0.0887. The van der Waals surface area contributed by atoms with Crippen LogP contribution >= 0.6 is 15.2 Å². The maximum atomic E-state index is 14.6. The molecule has 0 radical (unpaired) electrons. The fraction of sp³-hybridized carbons (Fsp3) is 0.600. The first-order valence-electron chi connectivity index (χ1n) is 25.9. The van der Waals surface area contributed by atoms with Gasteiger partial charge in [-0.1, -0.05) is 132 Å². The summed E-state index contributed by atoms with van der Waals surface area (Å²) in [4.78, 5) is 0. The van der Waals surface area contributed by atoms with E-state index >= 15 is 0 Å². The Kier molecular flexibility index (Phi) is 18.7. The zero-order chi connectivity index (χ0) is 54.1. The molecule has 72 heavy (non-hydrogen) atoms. The van der Waals surface area contributed by atoms with Crippen LogP contribution < -0.4 is 18.9 Å². The van der Waals surface area contributed by atoms with Crippen molar-refractivity contribution in [1.82, 2.24) is 0 Å². The molecule has 0 saturated carbocycles. The molecule has 0 spiro atoms. The Bertz CT molecular complexity index is 2330. The van der Waals surface area contributed by atoms with Gasteiger partial charge in [0.15, 0.2) is 12.7 Å². The molecule has 0 aliphatic heterocycles. The first-order chi connectivity index (χ1) is 33.0. The van der Waals surface area contributed by atoms with E-state index in [9.17, 15) is 9.13 Å². The lowest BCUT2D eigenvalue weighted by Crippen LogP contribution is -2.18. The van der Waals surface area contributed by atoms with Gasteiger partial charge in [0.05, 0.1) is 38.6 Å². The number of methoxy groups -OCH3 is 2. The van der Waals surface area contributed by atoms with Gasteiger partial charge in [0.2, 0.25) is 0 Å². The highest BCUT2D eigenvalue weighted by atomic mass is 31.2. The Morgan fingerprint density at radius 3 is 0.694 bits per heavy atom. The highest BCUT2D eigenvalue weighted by Crippen LogP contribution is 2.53. The van der Waals surface area contributed by atoms with Crippen LogP contribution in [0.4, 0.5) is 0 Å². The van der Waals surface area contributed by atoms with Crippen molar-refractivity contribution in [2.75, 3.05) is 26.9 Å². The van der Waals surface area contributed by atoms with Crippen molar-refractivity contribution in [3.63, 3.8) is 0 Å². The number of benzene rings is 4. The van der Waals surface area contributed by atoms with Crippen LogP contribution in [0, 0.1) is 0 Å². The third-order valence-electron chi connectivity index (χ3n) is 12.6. The molecule has 0 amide bonds. The molecule has 0 saturated heterocycles. The fourth-order valence-corrected chi connectivity index (χ4v) is 12.7. The molecule has 0 heterocycles. The summed E-state index contributed by atoms with van der Waals surface area (Å²) in [7, 11) is -4.05. The number of ether oxygens (including phenoxy) is 4.